The van der Waals surface area contributed by atoms with Crippen LogP contribution in [0.1, 0.15) is 6.92 Å². The van der Waals surface area contributed by atoms with E-state index in [1.165, 1.54) is 9.26 Å². The van der Waals surface area contributed by atoms with Gasteiger partial charge in [-0.05, 0) is 54.8 Å². The Balaban J connectivity index is 2.23. The highest BCUT2D eigenvalue weighted by Gasteiger charge is 2.22. The van der Waals surface area contributed by atoms with E-state index in [9.17, 15) is 0 Å². The maximum Gasteiger partial charge on any atom is 0.0603 e. The summed E-state index contributed by atoms with van der Waals surface area (Å²) in [7, 11) is 2.17. The smallest absolute Gasteiger partial charge is 0.0603 e. The molecular formula is C12H18IN3. The lowest BCUT2D eigenvalue weighted by molar-refractivity contribution is 0.276. The van der Waals surface area contributed by atoms with Crippen molar-refractivity contribution in [1.82, 2.24) is 4.90 Å². The van der Waals surface area contributed by atoms with Crippen molar-refractivity contribution in [3.63, 3.8) is 0 Å². The molecule has 16 heavy (non-hydrogen) atoms. The largest absolute Gasteiger partial charge is 0.397 e. The van der Waals surface area contributed by atoms with Crippen molar-refractivity contribution in [2.75, 3.05) is 37.3 Å². The second kappa shape index (κ2) is 4.79. The van der Waals surface area contributed by atoms with Crippen molar-refractivity contribution in [3.05, 3.63) is 21.8 Å². The summed E-state index contributed by atoms with van der Waals surface area (Å²) < 4.78 is 1.20. The number of hydrogen-bond acceptors (Lipinski definition) is 3. The number of benzene rings is 1. The number of anilines is 2. The van der Waals surface area contributed by atoms with E-state index in [1.807, 2.05) is 6.07 Å². The molecule has 0 aliphatic carbocycles. The molecule has 88 valence electrons. The van der Waals surface area contributed by atoms with E-state index in [0.29, 0.717) is 6.04 Å². The summed E-state index contributed by atoms with van der Waals surface area (Å²) >= 11 is 2.29. The number of nitrogens with zero attached hydrogens (tertiary/aromatic N) is 2. The Morgan fingerprint density at radius 1 is 1.38 bits per heavy atom. The fraction of sp³-hybridized carbons (Fsp3) is 0.500. The van der Waals surface area contributed by atoms with E-state index in [1.54, 1.807) is 0 Å². The molecule has 1 aliphatic heterocycles. The van der Waals surface area contributed by atoms with Crippen molar-refractivity contribution in [1.29, 1.82) is 0 Å². The van der Waals surface area contributed by atoms with Crippen molar-refractivity contribution < 1.29 is 0 Å². The van der Waals surface area contributed by atoms with Gasteiger partial charge >= 0.3 is 0 Å². The molecule has 2 N–H and O–H groups in total. The van der Waals surface area contributed by atoms with Gasteiger partial charge in [-0.3, -0.25) is 0 Å². The molecule has 1 unspecified atom stereocenters. The summed E-state index contributed by atoms with van der Waals surface area (Å²) in [4.78, 5) is 4.77. The minimum atomic E-state index is 0.529. The van der Waals surface area contributed by atoms with Crippen molar-refractivity contribution >= 4 is 34.0 Å². The number of nitrogens with two attached hydrogens (primary N) is 1. The second-order valence-corrected chi connectivity index (χ2v) is 5.75. The normalized spacial score (nSPS) is 22.4. The van der Waals surface area contributed by atoms with E-state index in [4.69, 9.17) is 5.73 Å². The molecule has 2 rings (SSSR count). The molecule has 0 amide bonds. The van der Waals surface area contributed by atoms with E-state index in [2.05, 4.69) is 58.5 Å². The van der Waals surface area contributed by atoms with Gasteiger partial charge in [-0.25, -0.2) is 0 Å². The van der Waals surface area contributed by atoms with Crippen LogP contribution in [-0.2, 0) is 0 Å². The van der Waals surface area contributed by atoms with Crippen molar-refractivity contribution in [3.8, 4) is 0 Å². The van der Waals surface area contributed by atoms with Crippen LogP contribution in [0.4, 0.5) is 11.4 Å². The van der Waals surface area contributed by atoms with Gasteiger partial charge in [0.1, 0.15) is 0 Å². The Morgan fingerprint density at radius 2 is 2.12 bits per heavy atom. The van der Waals surface area contributed by atoms with Crippen LogP contribution in [0.25, 0.3) is 0 Å². The molecule has 0 aromatic heterocycles. The molecule has 1 aromatic carbocycles. The lowest BCUT2D eigenvalue weighted by Gasteiger charge is -2.40. The van der Waals surface area contributed by atoms with E-state index < -0.39 is 0 Å². The third-order valence-electron chi connectivity index (χ3n) is 3.13. The number of halogens is 1. The zero-order chi connectivity index (χ0) is 11.7. The van der Waals surface area contributed by atoms with E-state index in [-0.39, 0.29) is 0 Å². The molecule has 1 saturated heterocycles. The minimum Gasteiger partial charge on any atom is -0.397 e. The average Bonchev–Trinajstić information content (AvgIpc) is 2.19. The van der Waals surface area contributed by atoms with Crippen LogP contribution in [0.15, 0.2) is 18.2 Å². The van der Waals surface area contributed by atoms with Crippen molar-refractivity contribution in [2.45, 2.75) is 13.0 Å². The van der Waals surface area contributed by atoms with Crippen LogP contribution < -0.4 is 10.6 Å². The van der Waals surface area contributed by atoms with Gasteiger partial charge in [0.25, 0.3) is 0 Å². The number of nitrogen functional groups attached to an aromatic ring is 1. The highest BCUT2D eigenvalue weighted by atomic mass is 127. The molecule has 0 spiro atoms. The highest BCUT2D eigenvalue weighted by molar-refractivity contribution is 14.1. The molecule has 0 radical (unpaired) electrons. The summed E-state index contributed by atoms with van der Waals surface area (Å²) in [6.45, 7) is 5.52. The zero-order valence-electron chi connectivity index (χ0n) is 9.78. The Bertz CT molecular complexity index is 381. The lowest BCUT2D eigenvalue weighted by Crippen LogP contribution is -2.50. The molecule has 0 saturated carbocycles. The maximum absolute atomic E-state index is 6.09. The van der Waals surface area contributed by atoms with Gasteiger partial charge in [-0.15, -0.1) is 0 Å². The Labute approximate surface area is 111 Å². The van der Waals surface area contributed by atoms with Crippen LogP contribution in [0, 0.1) is 3.57 Å². The molecule has 4 heteroatoms. The van der Waals surface area contributed by atoms with Gasteiger partial charge in [-0.1, -0.05) is 0 Å². The second-order valence-electron chi connectivity index (χ2n) is 4.51. The predicted molar refractivity (Wildman–Crippen MR) is 77.9 cm³/mol. The highest BCUT2D eigenvalue weighted by Crippen LogP contribution is 2.28. The molecule has 1 atom stereocenters. The monoisotopic (exact) mass is 331 g/mol. The van der Waals surface area contributed by atoms with Gasteiger partial charge in [0, 0.05) is 29.2 Å². The van der Waals surface area contributed by atoms with Crippen LogP contribution in [0.5, 0.6) is 0 Å². The van der Waals surface area contributed by atoms with Gasteiger partial charge in [-0.2, -0.15) is 0 Å². The van der Waals surface area contributed by atoms with Crippen LogP contribution in [0.3, 0.4) is 0 Å². The first-order chi connectivity index (χ1) is 7.58. The summed E-state index contributed by atoms with van der Waals surface area (Å²) in [5, 5.41) is 0. The summed E-state index contributed by atoms with van der Waals surface area (Å²) in [5.74, 6) is 0. The van der Waals surface area contributed by atoms with Crippen molar-refractivity contribution in [2.24, 2.45) is 0 Å². The first kappa shape index (κ1) is 12.0. The fourth-order valence-electron chi connectivity index (χ4n) is 2.28. The van der Waals surface area contributed by atoms with E-state index in [0.717, 1.165) is 25.3 Å². The maximum atomic E-state index is 6.09. The number of piperazine rings is 1. The molecule has 0 bridgehead atoms. The fourth-order valence-corrected chi connectivity index (χ4v) is 2.80. The predicted octanol–water partition coefficient (Wildman–Crippen LogP) is 2.01. The standard InChI is InChI=1S/C12H18IN3/c1-9-8-15(2)5-6-16(9)12-4-3-10(13)7-11(12)14/h3-4,7,9H,5-6,8,14H2,1-2H3. The minimum absolute atomic E-state index is 0.529. The molecule has 3 nitrogen and oxygen atoms in total. The van der Waals surface area contributed by atoms with Gasteiger partial charge in [0.05, 0.1) is 11.4 Å². The molecular weight excluding hydrogens is 313 g/mol. The van der Waals surface area contributed by atoms with E-state index >= 15 is 0 Å². The Morgan fingerprint density at radius 3 is 2.75 bits per heavy atom. The van der Waals surface area contributed by atoms with Gasteiger partial charge in [0.2, 0.25) is 0 Å². The molecule has 1 heterocycles. The molecule has 1 aromatic rings. The van der Waals surface area contributed by atoms with Gasteiger partial charge in [0.15, 0.2) is 0 Å². The summed E-state index contributed by atoms with van der Waals surface area (Å²) in [5.41, 5.74) is 8.16. The topological polar surface area (TPSA) is 32.5 Å². The molecule has 1 aliphatic rings. The quantitative estimate of drug-likeness (QED) is 0.631. The third kappa shape index (κ3) is 2.43. The third-order valence-corrected chi connectivity index (χ3v) is 3.80. The van der Waals surface area contributed by atoms with Crippen LogP contribution in [-0.4, -0.2) is 37.6 Å². The summed E-state index contributed by atoms with van der Waals surface area (Å²) in [6.07, 6.45) is 0. The Kier molecular flexibility index (Phi) is 3.59. The SMILES string of the molecule is CC1CN(C)CCN1c1ccc(I)cc1N. The summed E-state index contributed by atoms with van der Waals surface area (Å²) in [6, 6.07) is 6.83. The molecule has 1 fully saturated rings. The Hall–Kier alpha value is -0.490. The average molecular weight is 331 g/mol. The first-order valence-electron chi connectivity index (χ1n) is 5.58. The number of rotatable bonds is 1. The number of likely N-dealkylation sites (N-methyl/N-ethyl adjacent to an activating group) is 1. The van der Waals surface area contributed by atoms with Gasteiger partial charge < -0.3 is 15.5 Å². The zero-order valence-corrected chi connectivity index (χ0v) is 11.9. The number of hydrogen-bond donors (Lipinski definition) is 1. The lowest BCUT2D eigenvalue weighted by atomic mass is 10.1. The van der Waals surface area contributed by atoms with Crippen LogP contribution >= 0.6 is 22.6 Å². The van der Waals surface area contributed by atoms with Crippen LogP contribution in [0.2, 0.25) is 0 Å². The first-order valence-corrected chi connectivity index (χ1v) is 6.66.